The smallest absolute Gasteiger partial charge is 0.246 e. The molecule has 1 atom stereocenters. The fourth-order valence-electron chi connectivity index (χ4n) is 3.25. The van der Waals surface area contributed by atoms with Gasteiger partial charge in [-0.2, -0.15) is 0 Å². The third-order valence-corrected chi connectivity index (χ3v) is 4.95. The van der Waals surface area contributed by atoms with Gasteiger partial charge in [0.05, 0.1) is 0 Å². The Hall–Kier alpha value is -1.06. The fraction of sp³-hybridized carbons (Fsp3) is 0.875. The molecule has 0 spiro atoms. The van der Waals surface area contributed by atoms with Crippen LogP contribution in [0.4, 0.5) is 0 Å². The average molecular weight is 280 g/mol. The van der Waals surface area contributed by atoms with Gasteiger partial charge in [-0.1, -0.05) is 27.7 Å². The van der Waals surface area contributed by atoms with Crippen molar-refractivity contribution < 1.29 is 9.59 Å². The maximum absolute atomic E-state index is 12.8. The molecule has 2 rings (SSSR count). The van der Waals surface area contributed by atoms with Crippen molar-refractivity contribution in [2.45, 2.75) is 71.4 Å². The number of amides is 2. The summed E-state index contributed by atoms with van der Waals surface area (Å²) in [6.07, 6.45) is 4.48. The van der Waals surface area contributed by atoms with Crippen molar-refractivity contribution >= 4 is 11.8 Å². The average Bonchev–Trinajstić information content (AvgIpc) is 3.23. The van der Waals surface area contributed by atoms with Gasteiger partial charge in [-0.05, 0) is 43.9 Å². The van der Waals surface area contributed by atoms with E-state index in [-0.39, 0.29) is 17.9 Å². The summed E-state index contributed by atoms with van der Waals surface area (Å²) in [5.41, 5.74) is -0.628. The number of rotatable bonds is 6. The molecule has 1 unspecified atom stereocenters. The zero-order valence-electron chi connectivity index (χ0n) is 13.2. The predicted molar refractivity (Wildman–Crippen MR) is 79.1 cm³/mol. The molecule has 2 amide bonds. The minimum Gasteiger partial charge on any atom is -0.342 e. The first-order valence-corrected chi connectivity index (χ1v) is 8.08. The quantitative estimate of drug-likeness (QED) is 0.812. The number of hydrogen-bond acceptors (Lipinski definition) is 2. The van der Waals surface area contributed by atoms with Crippen molar-refractivity contribution in [3.63, 3.8) is 0 Å². The van der Waals surface area contributed by atoms with Crippen molar-refractivity contribution in [3.8, 4) is 0 Å². The van der Waals surface area contributed by atoms with E-state index < -0.39 is 5.54 Å². The zero-order chi connectivity index (χ0) is 14.9. The van der Waals surface area contributed by atoms with Crippen LogP contribution in [-0.4, -0.2) is 34.8 Å². The molecule has 1 saturated heterocycles. The molecule has 1 saturated carbocycles. The monoisotopic (exact) mass is 280 g/mol. The molecule has 0 aromatic carbocycles. The van der Waals surface area contributed by atoms with Gasteiger partial charge in [0.2, 0.25) is 11.8 Å². The Labute approximate surface area is 122 Å². The maximum atomic E-state index is 12.8. The van der Waals surface area contributed by atoms with Crippen LogP contribution in [0, 0.1) is 11.8 Å². The third kappa shape index (κ3) is 2.57. The summed E-state index contributed by atoms with van der Waals surface area (Å²) in [4.78, 5) is 27.3. The second kappa shape index (κ2) is 5.74. The number of piperazine rings is 1. The van der Waals surface area contributed by atoms with Crippen molar-refractivity contribution in [2.75, 3.05) is 6.54 Å². The molecule has 4 heteroatoms. The Bertz CT molecular complexity index is 384. The molecule has 0 radical (unpaired) electrons. The first-order chi connectivity index (χ1) is 9.46. The Morgan fingerprint density at radius 1 is 1.25 bits per heavy atom. The van der Waals surface area contributed by atoms with Crippen LogP contribution in [0.3, 0.4) is 0 Å². The molecule has 4 nitrogen and oxygen atoms in total. The lowest BCUT2D eigenvalue weighted by atomic mass is 9.84. The van der Waals surface area contributed by atoms with Crippen molar-refractivity contribution in [1.82, 2.24) is 10.2 Å². The van der Waals surface area contributed by atoms with E-state index in [4.69, 9.17) is 0 Å². The van der Waals surface area contributed by atoms with Gasteiger partial charge in [0.1, 0.15) is 11.6 Å². The molecule has 0 aromatic rings. The van der Waals surface area contributed by atoms with Crippen molar-refractivity contribution in [1.29, 1.82) is 0 Å². The van der Waals surface area contributed by atoms with Gasteiger partial charge in [-0.15, -0.1) is 0 Å². The molecule has 2 fully saturated rings. The molecule has 0 bridgehead atoms. The Morgan fingerprint density at radius 3 is 2.30 bits per heavy atom. The molecule has 0 aromatic heterocycles. The second-order valence-electron chi connectivity index (χ2n) is 6.70. The Balaban J connectivity index is 2.24. The predicted octanol–water partition coefficient (Wildman–Crippen LogP) is 2.33. The largest absolute Gasteiger partial charge is 0.342 e. The van der Waals surface area contributed by atoms with E-state index in [0.29, 0.717) is 31.2 Å². The summed E-state index contributed by atoms with van der Waals surface area (Å²) in [7, 11) is 0. The SMILES string of the molecule is CCC1(CC)C(=O)NC(C2CC2)C(=O)N1CCC(C)C. The normalized spacial score (nSPS) is 26.1. The third-order valence-electron chi connectivity index (χ3n) is 4.95. The first kappa shape index (κ1) is 15.3. The Morgan fingerprint density at radius 2 is 1.85 bits per heavy atom. The van der Waals surface area contributed by atoms with E-state index in [2.05, 4.69) is 19.2 Å². The minimum absolute atomic E-state index is 0.0581. The highest BCUT2D eigenvalue weighted by Gasteiger charge is 2.53. The van der Waals surface area contributed by atoms with Gasteiger partial charge >= 0.3 is 0 Å². The summed E-state index contributed by atoms with van der Waals surface area (Å²) in [6.45, 7) is 9.04. The molecular formula is C16H28N2O2. The number of nitrogens with zero attached hydrogens (tertiary/aromatic N) is 1. The molecule has 1 N–H and O–H groups in total. The van der Waals surface area contributed by atoms with E-state index >= 15 is 0 Å². The Kier molecular flexibility index (Phi) is 4.40. The molecule has 2 aliphatic rings. The van der Waals surface area contributed by atoms with Crippen LogP contribution in [0.25, 0.3) is 0 Å². The van der Waals surface area contributed by atoms with Crippen molar-refractivity contribution in [2.24, 2.45) is 11.8 Å². The number of carbonyl (C=O) groups is 2. The van der Waals surface area contributed by atoms with Crippen LogP contribution in [0.15, 0.2) is 0 Å². The summed E-state index contributed by atoms with van der Waals surface area (Å²) < 4.78 is 0. The number of nitrogens with one attached hydrogen (secondary N) is 1. The highest BCUT2D eigenvalue weighted by atomic mass is 16.2. The first-order valence-electron chi connectivity index (χ1n) is 8.08. The molecule has 1 aliphatic heterocycles. The standard InChI is InChI=1S/C16H28N2O2/c1-5-16(6-2)15(20)17-13(12-7-8-12)14(19)18(16)10-9-11(3)4/h11-13H,5-10H2,1-4H3,(H,17,20). The number of hydrogen-bond donors (Lipinski definition) is 1. The lowest BCUT2D eigenvalue weighted by molar-refractivity contribution is -0.159. The van der Waals surface area contributed by atoms with E-state index in [1.165, 1.54) is 0 Å². The summed E-state index contributed by atoms with van der Waals surface area (Å²) >= 11 is 0. The van der Waals surface area contributed by atoms with Gasteiger partial charge in [0, 0.05) is 6.54 Å². The van der Waals surface area contributed by atoms with Crippen molar-refractivity contribution in [3.05, 3.63) is 0 Å². The van der Waals surface area contributed by atoms with E-state index in [9.17, 15) is 9.59 Å². The maximum Gasteiger partial charge on any atom is 0.246 e. The van der Waals surface area contributed by atoms with Crippen LogP contribution >= 0.6 is 0 Å². The summed E-state index contributed by atoms with van der Waals surface area (Å²) in [5, 5.41) is 3.01. The van der Waals surface area contributed by atoms with Crippen LogP contribution in [-0.2, 0) is 9.59 Å². The molecule has 20 heavy (non-hydrogen) atoms. The van der Waals surface area contributed by atoms with Crippen LogP contribution in [0.1, 0.15) is 59.8 Å². The van der Waals surface area contributed by atoms with Crippen LogP contribution in [0.2, 0.25) is 0 Å². The lowest BCUT2D eigenvalue weighted by Gasteiger charge is -2.48. The lowest BCUT2D eigenvalue weighted by Crippen LogP contribution is -2.70. The molecular weight excluding hydrogens is 252 g/mol. The number of carbonyl (C=O) groups excluding carboxylic acids is 2. The van der Waals surface area contributed by atoms with Gasteiger partial charge in [0.25, 0.3) is 0 Å². The fourth-order valence-corrected chi connectivity index (χ4v) is 3.25. The topological polar surface area (TPSA) is 49.4 Å². The molecule has 1 heterocycles. The van der Waals surface area contributed by atoms with E-state index in [1.807, 2.05) is 18.7 Å². The summed E-state index contributed by atoms with van der Waals surface area (Å²) in [5.74, 6) is 1.12. The van der Waals surface area contributed by atoms with Gasteiger partial charge in [-0.25, -0.2) is 0 Å². The highest BCUT2D eigenvalue weighted by molar-refractivity contribution is 6.00. The molecule has 114 valence electrons. The van der Waals surface area contributed by atoms with Gasteiger partial charge in [-0.3, -0.25) is 9.59 Å². The van der Waals surface area contributed by atoms with E-state index in [1.54, 1.807) is 0 Å². The minimum atomic E-state index is -0.628. The van der Waals surface area contributed by atoms with Crippen LogP contribution in [0.5, 0.6) is 0 Å². The second-order valence-corrected chi connectivity index (χ2v) is 6.70. The summed E-state index contributed by atoms with van der Waals surface area (Å²) in [6, 6.07) is -0.263. The van der Waals surface area contributed by atoms with Gasteiger partial charge < -0.3 is 10.2 Å². The van der Waals surface area contributed by atoms with E-state index in [0.717, 1.165) is 19.3 Å². The van der Waals surface area contributed by atoms with Gasteiger partial charge in [0.15, 0.2) is 0 Å². The van der Waals surface area contributed by atoms with Crippen LogP contribution < -0.4 is 5.32 Å². The highest BCUT2D eigenvalue weighted by Crippen LogP contribution is 2.38. The molecule has 1 aliphatic carbocycles. The zero-order valence-corrected chi connectivity index (χ0v) is 13.2.